The van der Waals surface area contributed by atoms with Gasteiger partial charge in [-0.3, -0.25) is 0 Å². The van der Waals surface area contributed by atoms with Crippen molar-refractivity contribution in [3.63, 3.8) is 0 Å². The van der Waals surface area contributed by atoms with E-state index >= 15 is 0 Å². The second kappa shape index (κ2) is 7.76. The van der Waals surface area contributed by atoms with Crippen LogP contribution >= 0.6 is 11.5 Å². The Hall–Kier alpha value is -2.58. The fourth-order valence-electron chi connectivity index (χ4n) is 2.94. The number of hydrogen-bond acceptors (Lipinski definition) is 8. The predicted molar refractivity (Wildman–Crippen MR) is 103 cm³/mol. The van der Waals surface area contributed by atoms with Gasteiger partial charge in [0.2, 0.25) is 5.13 Å². The summed E-state index contributed by atoms with van der Waals surface area (Å²) >= 11 is 1.43. The Balaban J connectivity index is 1.38. The molecule has 1 aliphatic rings. The molecule has 1 aliphatic heterocycles. The molecule has 0 saturated carbocycles. The largest absolute Gasteiger partial charge is 0.377 e. The molecule has 0 atom stereocenters. The molecule has 1 aromatic carbocycles. The van der Waals surface area contributed by atoms with Crippen LogP contribution in [0.3, 0.4) is 0 Å². The lowest BCUT2D eigenvalue weighted by Crippen LogP contribution is -2.46. The molecular weight excluding hydrogens is 348 g/mol. The molecule has 0 N–H and O–H groups in total. The van der Waals surface area contributed by atoms with Gasteiger partial charge in [0.1, 0.15) is 6.61 Å². The van der Waals surface area contributed by atoms with Gasteiger partial charge in [-0.05, 0) is 12.1 Å². The molecule has 1 fully saturated rings. The van der Waals surface area contributed by atoms with Crippen LogP contribution in [0.4, 0.5) is 10.9 Å². The van der Waals surface area contributed by atoms with E-state index in [4.69, 9.17) is 4.74 Å². The Morgan fingerprint density at radius 1 is 0.962 bits per heavy atom. The van der Waals surface area contributed by atoms with Gasteiger partial charge in [0, 0.05) is 50.4 Å². The topological polar surface area (TPSA) is 67.3 Å². The first-order chi connectivity index (χ1) is 12.8. The fourth-order valence-corrected chi connectivity index (χ4v) is 3.67. The smallest absolute Gasteiger partial charge is 0.205 e. The summed E-state index contributed by atoms with van der Waals surface area (Å²) in [6.07, 6.45) is 0. The van der Waals surface area contributed by atoms with Crippen molar-refractivity contribution in [2.45, 2.75) is 6.61 Å². The standard InChI is InChI=1S/C18H20N6OS/c1-25-13-16-19-18(26-22-16)24-11-9-23(10-12-24)17-8-7-15(20-21-17)14-5-3-2-4-6-14/h2-8H,9-13H2,1H3. The van der Waals surface area contributed by atoms with Gasteiger partial charge in [-0.15, -0.1) is 10.2 Å². The first-order valence-electron chi connectivity index (χ1n) is 8.54. The average Bonchev–Trinajstić information content (AvgIpc) is 3.18. The van der Waals surface area contributed by atoms with E-state index in [0.717, 1.165) is 54.2 Å². The molecular formula is C18H20N6OS. The van der Waals surface area contributed by atoms with E-state index in [0.29, 0.717) is 6.61 Å². The Labute approximate surface area is 156 Å². The van der Waals surface area contributed by atoms with Gasteiger partial charge >= 0.3 is 0 Å². The SMILES string of the molecule is COCc1nsc(N2CCN(c3ccc(-c4ccccc4)nn3)CC2)n1. The number of methoxy groups -OCH3 is 1. The summed E-state index contributed by atoms with van der Waals surface area (Å²) in [7, 11) is 1.66. The highest BCUT2D eigenvalue weighted by molar-refractivity contribution is 7.09. The third-order valence-electron chi connectivity index (χ3n) is 4.33. The molecule has 0 aliphatic carbocycles. The Morgan fingerprint density at radius 3 is 2.42 bits per heavy atom. The Morgan fingerprint density at radius 2 is 1.73 bits per heavy atom. The molecule has 1 saturated heterocycles. The van der Waals surface area contributed by atoms with Crippen molar-refractivity contribution in [1.29, 1.82) is 0 Å². The first-order valence-corrected chi connectivity index (χ1v) is 9.31. The van der Waals surface area contributed by atoms with Gasteiger partial charge in [0.15, 0.2) is 11.6 Å². The highest BCUT2D eigenvalue weighted by atomic mass is 32.1. The van der Waals surface area contributed by atoms with Crippen molar-refractivity contribution in [2.75, 3.05) is 43.1 Å². The molecule has 0 spiro atoms. The maximum absolute atomic E-state index is 5.08. The maximum atomic E-state index is 5.08. The van der Waals surface area contributed by atoms with E-state index in [9.17, 15) is 0 Å². The van der Waals surface area contributed by atoms with Crippen LogP contribution in [-0.4, -0.2) is 52.8 Å². The predicted octanol–water partition coefficient (Wildman–Crippen LogP) is 2.47. The van der Waals surface area contributed by atoms with Crippen LogP contribution < -0.4 is 9.80 Å². The van der Waals surface area contributed by atoms with Gasteiger partial charge in [0.05, 0.1) is 5.69 Å². The van der Waals surface area contributed by atoms with Gasteiger partial charge < -0.3 is 14.5 Å². The van der Waals surface area contributed by atoms with Gasteiger partial charge in [0.25, 0.3) is 0 Å². The van der Waals surface area contributed by atoms with Crippen LogP contribution in [0.2, 0.25) is 0 Å². The molecule has 2 aromatic heterocycles. The number of anilines is 2. The minimum Gasteiger partial charge on any atom is -0.377 e. The van der Waals surface area contributed by atoms with Gasteiger partial charge in [-0.2, -0.15) is 4.37 Å². The summed E-state index contributed by atoms with van der Waals surface area (Å²) in [5, 5.41) is 9.77. The summed E-state index contributed by atoms with van der Waals surface area (Å²) < 4.78 is 9.41. The second-order valence-electron chi connectivity index (χ2n) is 6.04. The molecule has 134 valence electrons. The van der Waals surface area contributed by atoms with Crippen LogP contribution in [0.5, 0.6) is 0 Å². The van der Waals surface area contributed by atoms with E-state index < -0.39 is 0 Å². The summed E-state index contributed by atoms with van der Waals surface area (Å²) in [6, 6.07) is 14.2. The van der Waals surface area contributed by atoms with Crippen LogP contribution in [-0.2, 0) is 11.3 Å². The summed E-state index contributed by atoms with van der Waals surface area (Å²) in [5.41, 5.74) is 1.98. The van der Waals surface area contributed by atoms with E-state index in [1.807, 2.05) is 42.5 Å². The van der Waals surface area contributed by atoms with Crippen molar-refractivity contribution in [3.05, 3.63) is 48.3 Å². The van der Waals surface area contributed by atoms with Crippen molar-refractivity contribution >= 4 is 22.5 Å². The van der Waals surface area contributed by atoms with E-state index in [-0.39, 0.29) is 0 Å². The second-order valence-corrected chi connectivity index (χ2v) is 6.77. The molecule has 8 heteroatoms. The quantitative estimate of drug-likeness (QED) is 0.685. The van der Waals surface area contributed by atoms with Gasteiger partial charge in [-0.25, -0.2) is 4.98 Å². The van der Waals surface area contributed by atoms with E-state index in [2.05, 4.69) is 29.4 Å². The molecule has 0 radical (unpaired) electrons. The molecule has 0 unspecified atom stereocenters. The highest BCUT2D eigenvalue weighted by Crippen LogP contribution is 2.22. The monoisotopic (exact) mass is 368 g/mol. The number of aromatic nitrogens is 4. The van der Waals surface area contributed by atoms with Gasteiger partial charge in [-0.1, -0.05) is 30.3 Å². The lowest BCUT2D eigenvalue weighted by molar-refractivity contribution is 0.179. The zero-order valence-electron chi connectivity index (χ0n) is 14.6. The normalized spacial score (nSPS) is 14.7. The Bertz CT molecular complexity index is 830. The van der Waals surface area contributed by atoms with Crippen molar-refractivity contribution in [1.82, 2.24) is 19.6 Å². The number of hydrogen-bond donors (Lipinski definition) is 0. The number of rotatable bonds is 5. The summed E-state index contributed by atoms with van der Waals surface area (Å²) in [4.78, 5) is 9.05. The third kappa shape index (κ3) is 3.66. The minimum absolute atomic E-state index is 0.458. The average molecular weight is 368 g/mol. The highest BCUT2D eigenvalue weighted by Gasteiger charge is 2.21. The number of benzene rings is 1. The fraction of sp³-hybridized carbons (Fsp3) is 0.333. The molecule has 0 bridgehead atoms. The first kappa shape index (κ1) is 16.9. The third-order valence-corrected chi connectivity index (χ3v) is 5.14. The zero-order chi connectivity index (χ0) is 17.8. The number of nitrogens with zero attached hydrogens (tertiary/aromatic N) is 6. The van der Waals surface area contributed by atoms with Crippen LogP contribution in [0, 0.1) is 0 Å². The van der Waals surface area contributed by atoms with E-state index in [1.54, 1.807) is 7.11 Å². The van der Waals surface area contributed by atoms with Crippen LogP contribution in [0.25, 0.3) is 11.3 Å². The number of piperazine rings is 1. The molecule has 4 rings (SSSR count). The molecule has 0 amide bonds. The maximum Gasteiger partial charge on any atom is 0.205 e. The lowest BCUT2D eigenvalue weighted by atomic mass is 10.1. The molecule has 3 heterocycles. The molecule has 7 nitrogen and oxygen atoms in total. The van der Waals surface area contributed by atoms with E-state index in [1.165, 1.54) is 11.5 Å². The van der Waals surface area contributed by atoms with Crippen molar-refractivity contribution in [2.24, 2.45) is 0 Å². The summed E-state index contributed by atoms with van der Waals surface area (Å²) in [5.74, 6) is 1.67. The minimum atomic E-state index is 0.458. The van der Waals surface area contributed by atoms with Crippen molar-refractivity contribution < 1.29 is 4.74 Å². The van der Waals surface area contributed by atoms with Crippen LogP contribution in [0.15, 0.2) is 42.5 Å². The van der Waals surface area contributed by atoms with Crippen LogP contribution in [0.1, 0.15) is 5.82 Å². The molecule has 26 heavy (non-hydrogen) atoms. The number of ether oxygens (including phenoxy) is 1. The summed E-state index contributed by atoms with van der Waals surface area (Å²) in [6.45, 7) is 4.02. The molecule has 3 aromatic rings. The van der Waals surface area contributed by atoms with Crippen molar-refractivity contribution in [3.8, 4) is 11.3 Å². The Kier molecular flexibility index (Phi) is 5.03. The zero-order valence-corrected chi connectivity index (χ0v) is 15.4. The lowest BCUT2D eigenvalue weighted by Gasteiger charge is -2.34.